The van der Waals surface area contributed by atoms with Gasteiger partial charge in [-0.2, -0.15) is 0 Å². The van der Waals surface area contributed by atoms with Crippen molar-refractivity contribution in [1.29, 1.82) is 0 Å². The summed E-state index contributed by atoms with van der Waals surface area (Å²) in [6.45, 7) is 0. The monoisotopic (exact) mass is 132 g/mol. The van der Waals surface area contributed by atoms with Crippen LogP contribution in [0.2, 0.25) is 6.32 Å². The van der Waals surface area contributed by atoms with Crippen molar-refractivity contribution >= 4 is 25.7 Å². The molecule has 0 saturated heterocycles. The van der Waals surface area contributed by atoms with Crippen molar-refractivity contribution in [2.45, 2.75) is 19.2 Å². The summed E-state index contributed by atoms with van der Waals surface area (Å²) < 4.78 is 0. The first-order valence-electron chi connectivity index (χ1n) is 2.43. The third-order valence-corrected chi connectivity index (χ3v) is 0.526. The van der Waals surface area contributed by atoms with Crippen LogP contribution in [0.15, 0.2) is 0 Å². The fraction of sp³-hybridized carbons (Fsp3) is 0.800. The van der Waals surface area contributed by atoms with Crippen LogP contribution in [-0.2, 0) is 4.79 Å². The fourth-order valence-electron chi connectivity index (χ4n) is 0.201. The van der Waals surface area contributed by atoms with Crippen LogP contribution >= 0.6 is 11.6 Å². The molecule has 2 radical (unpaired) electrons. The summed E-state index contributed by atoms with van der Waals surface area (Å²) in [7, 11) is 5.06. The smallest absolute Gasteiger partial charge is 0.119 e. The molecular weight excluding hydrogens is 122 g/mol. The van der Waals surface area contributed by atoms with Gasteiger partial charge in [-0.1, -0.05) is 12.7 Å². The van der Waals surface area contributed by atoms with Gasteiger partial charge in [0.05, 0.1) is 7.85 Å². The minimum absolute atomic E-state index is 0.608. The van der Waals surface area contributed by atoms with Crippen LogP contribution in [-0.4, -0.2) is 20.5 Å². The number of carbonyl (C=O) groups is 1. The first-order valence-corrected chi connectivity index (χ1v) is 3.19. The van der Waals surface area contributed by atoms with Crippen LogP contribution in [0, 0.1) is 0 Å². The van der Waals surface area contributed by atoms with Crippen LogP contribution < -0.4 is 0 Å². The lowest BCUT2D eigenvalue weighted by Gasteiger charge is -1.79. The van der Waals surface area contributed by atoms with Crippen molar-refractivity contribution in [1.82, 2.24) is 0 Å². The first kappa shape index (κ1) is 10.9. The molecular formula is C5H10BClO. The summed E-state index contributed by atoms with van der Waals surface area (Å²) in [5.74, 6) is 0. The van der Waals surface area contributed by atoms with E-state index >= 15 is 0 Å². The lowest BCUT2D eigenvalue weighted by molar-refractivity contribution is -0.107. The van der Waals surface area contributed by atoms with Gasteiger partial charge in [0.1, 0.15) is 6.29 Å². The number of hydrogen-bond donors (Lipinski definition) is 0. The minimum atomic E-state index is 0.608. The van der Waals surface area contributed by atoms with Gasteiger partial charge in [-0.3, -0.25) is 0 Å². The van der Waals surface area contributed by atoms with Gasteiger partial charge in [-0.15, -0.1) is 11.6 Å². The predicted molar refractivity (Wildman–Crippen MR) is 37.6 cm³/mol. The van der Waals surface area contributed by atoms with E-state index in [1.165, 1.54) is 6.38 Å². The zero-order chi connectivity index (χ0) is 6.83. The molecule has 0 aromatic carbocycles. The second-order valence-corrected chi connectivity index (χ2v) is 1.10. The highest BCUT2D eigenvalue weighted by Crippen LogP contribution is 1.85. The Bertz CT molecular complexity index is 41.4. The van der Waals surface area contributed by atoms with Gasteiger partial charge in [0.15, 0.2) is 0 Å². The molecule has 0 amide bonds. The molecule has 46 valence electrons. The average molecular weight is 132 g/mol. The third-order valence-electron chi connectivity index (χ3n) is 0.526. The molecule has 0 rings (SSSR count). The highest BCUT2D eigenvalue weighted by Gasteiger charge is 1.74. The van der Waals surface area contributed by atoms with E-state index in [1.54, 1.807) is 0 Å². The SMILES string of the molecule is CCl.[B]CCCC=O. The van der Waals surface area contributed by atoms with Crippen LogP contribution in [0.4, 0.5) is 0 Å². The van der Waals surface area contributed by atoms with Crippen molar-refractivity contribution in [2.75, 3.05) is 6.38 Å². The topological polar surface area (TPSA) is 17.1 Å². The van der Waals surface area contributed by atoms with Gasteiger partial charge < -0.3 is 4.79 Å². The summed E-state index contributed by atoms with van der Waals surface area (Å²) in [6, 6.07) is 0. The fourth-order valence-corrected chi connectivity index (χ4v) is 0.201. The summed E-state index contributed by atoms with van der Waals surface area (Å²) >= 11 is 4.64. The van der Waals surface area contributed by atoms with Gasteiger partial charge in [0.25, 0.3) is 0 Å². The number of hydrogen-bond acceptors (Lipinski definition) is 1. The van der Waals surface area contributed by atoms with E-state index in [0.29, 0.717) is 12.7 Å². The number of aldehydes is 1. The number of alkyl halides is 1. The summed E-state index contributed by atoms with van der Waals surface area (Å²) in [6.07, 6.45) is 4.41. The van der Waals surface area contributed by atoms with Crippen LogP contribution in [0.1, 0.15) is 12.8 Å². The molecule has 0 heterocycles. The molecule has 0 saturated carbocycles. The van der Waals surface area contributed by atoms with Crippen molar-refractivity contribution < 1.29 is 4.79 Å². The molecule has 1 nitrogen and oxygen atoms in total. The predicted octanol–water partition coefficient (Wildman–Crippen LogP) is 1.41. The van der Waals surface area contributed by atoms with E-state index < -0.39 is 0 Å². The van der Waals surface area contributed by atoms with Gasteiger partial charge in [0.2, 0.25) is 0 Å². The maximum absolute atomic E-state index is 9.51. The Labute approximate surface area is 56.8 Å². The standard InChI is InChI=1S/C4H7BO.CH3Cl/c5-3-1-2-4-6;1-2/h4H,1-3H2;1H3. The normalized spacial score (nSPS) is 6.75. The van der Waals surface area contributed by atoms with Gasteiger partial charge >= 0.3 is 0 Å². The molecule has 0 N–H and O–H groups in total. The zero-order valence-electron chi connectivity index (χ0n) is 5.06. The van der Waals surface area contributed by atoms with E-state index in [1.807, 2.05) is 0 Å². The molecule has 0 aromatic heterocycles. The molecule has 0 aromatic rings. The second kappa shape index (κ2) is 15.7. The highest BCUT2D eigenvalue weighted by molar-refractivity contribution is 6.15. The Kier molecular flexibility index (Phi) is 21.5. The van der Waals surface area contributed by atoms with E-state index in [2.05, 4.69) is 11.6 Å². The lowest BCUT2D eigenvalue weighted by Crippen LogP contribution is -1.72. The van der Waals surface area contributed by atoms with Crippen molar-refractivity contribution in [3.05, 3.63) is 0 Å². The molecule has 0 aliphatic rings. The van der Waals surface area contributed by atoms with E-state index in [-0.39, 0.29) is 0 Å². The Morgan fingerprint density at radius 2 is 2.12 bits per heavy atom. The summed E-state index contributed by atoms with van der Waals surface area (Å²) in [5, 5.41) is 0. The molecule has 0 aliphatic heterocycles. The molecule has 8 heavy (non-hydrogen) atoms. The average Bonchev–Trinajstić information content (AvgIpc) is 1.88. The maximum Gasteiger partial charge on any atom is 0.119 e. The van der Waals surface area contributed by atoms with E-state index in [9.17, 15) is 4.79 Å². The first-order chi connectivity index (χ1) is 3.91. The molecule has 3 heteroatoms. The second-order valence-electron chi connectivity index (χ2n) is 1.10. The Morgan fingerprint density at radius 1 is 1.62 bits per heavy atom. The number of rotatable bonds is 3. The minimum Gasteiger partial charge on any atom is -0.303 e. The quantitative estimate of drug-likeness (QED) is 0.246. The van der Waals surface area contributed by atoms with Crippen LogP contribution in [0.3, 0.4) is 0 Å². The Balaban J connectivity index is 0. The third kappa shape index (κ3) is 16.6. The number of halogens is 1. The van der Waals surface area contributed by atoms with Gasteiger partial charge in [-0.25, -0.2) is 0 Å². The Hall–Kier alpha value is 0.0249. The lowest BCUT2D eigenvalue weighted by atomic mass is 10.0. The summed E-state index contributed by atoms with van der Waals surface area (Å²) in [5.41, 5.74) is 0. The maximum atomic E-state index is 9.51. The van der Waals surface area contributed by atoms with Crippen LogP contribution in [0.25, 0.3) is 0 Å². The van der Waals surface area contributed by atoms with Gasteiger partial charge in [-0.05, 0) is 0 Å². The molecule has 0 atom stereocenters. The van der Waals surface area contributed by atoms with Crippen molar-refractivity contribution in [3.8, 4) is 0 Å². The molecule has 0 spiro atoms. The highest BCUT2D eigenvalue weighted by atomic mass is 35.5. The molecule has 0 unspecified atom stereocenters. The largest absolute Gasteiger partial charge is 0.303 e. The summed E-state index contributed by atoms with van der Waals surface area (Å²) in [4.78, 5) is 9.51. The van der Waals surface area contributed by atoms with E-state index in [0.717, 1.165) is 12.7 Å². The Morgan fingerprint density at radius 3 is 2.25 bits per heavy atom. The van der Waals surface area contributed by atoms with E-state index in [4.69, 9.17) is 7.85 Å². The van der Waals surface area contributed by atoms with Crippen LogP contribution in [0.5, 0.6) is 0 Å². The molecule has 0 aliphatic carbocycles. The van der Waals surface area contributed by atoms with Gasteiger partial charge in [0, 0.05) is 12.8 Å². The molecule has 0 bridgehead atoms. The van der Waals surface area contributed by atoms with Crippen molar-refractivity contribution in [3.63, 3.8) is 0 Å². The zero-order valence-corrected chi connectivity index (χ0v) is 5.82. The molecule has 0 fully saturated rings. The van der Waals surface area contributed by atoms with Crippen molar-refractivity contribution in [2.24, 2.45) is 0 Å². The number of unbranched alkanes of at least 4 members (excludes halogenated alkanes) is 1. The number of carbonyl (C=O) groups excluding carboxylic acids is 1.